The standard InChI is InChI=1S/C17H38N4/c1-3-16-17(21-16)10-5-6-11-19-12-7-8-13-20-15-9-14-18-4-2/h16-21H,3-15H2,1-2H3. The molecule has 0 aromatic carbocycles. The number of nitrogens with one attached hydrogen (secondary N) is 4. The molecule has 2 atom stereocenters. The van der Waals surface area contributed by atoms with Crippen LogP contribution in [0, 0.1) is 0 Å². The van der Waals surface area contributed by atoms with E-state index < -0.39 is 0 Å². The van der Waals surface area contributed by atoms with Crippen LogP contribution < -0.4 is 21.3 Å². The maximum atomic E-state index is 3.57. The van der Waals surface area contributed by atoms with Gasteiger partial charge in [0.15, 0.2) is 0 Å². The molecule has 0 aromatic heterocycles. The van der Waals surface area contributed by atoms with Crippen molar-refractivity contribution in [2.45, 2.75) is 70.9 Å². The second-order valence-corrected chi connectivity index (χ2v) is 6.20. The summed E-state index contributed by atoms with van der Waals surface area (Å²) in [4.78, 5) is 0. The van der Waals surface area contributed by atoms with Gasteiger partial charge < -0.3 is 21.3 Å². The first-order chi connectivity index (χ1) is 10.4. The van der Waals surface area contributed by atoms with Crippen molar-refractivity contribution in [1.82, 2.24) is 21.3 Å². The Labute approximate surface area is 132 Å². The fourth-order valence-corrected chi connectivity index (χ4v) is 2.79. The van der Waals surface area contributed by atoms with Gasteiger partial charge in [-0.1, -0.05) is 20.3 Å². The summed E-state index contributed by atoms with van der Waals surface area (Å²) in [5, 5.41) is 14.0. The molecule has 21 heavy (non-hydrogen) atoms. The van der Waals surface area contributed by atoms with E-state index in [0.717, 1.165) is 31.7 Å². The SMILES string of the molecule is CCNCCCNCCCCNCCCCC1NC1CC. The van der Waals surface area contributed by atoms with Gasteiger partial charge in [-0.25, -0.2) is 0 Å². The van der Waals surface area contributed by atoms with Crippen molar-refractivity contribution in [1.29, 1.82) is 0 Å². The molecule has 1 saturated heterocycles. The average Bonchev–Trinajstić information content (AvgIpc) is 3.26. The zero-order chi connectivity index (χ0) is 15.2. The van der Waals surface area contributed by atoms with Gasteiger partial charge in [0.05, 0.1) is 0 Å². The quantitative estimate of drug-likeness (QED) is 0.259. The van der Waals surface area contributed by atoms with Crippen LogP contribution in [-0.4, -0.2) is 51.4 Å². The first-order valence-corrected chi connectivity index (χ1v) is 9.26. The molecule has 0 radical (unpaired) electrons. The largest absolute Gasteiger partial charge is 0.317 e. The summed E-state index contributed by atoms with van der Waals surface area (Å²) in [7, 11) is 0. The van der Waals surface area contributed by atoms with Crippen LogP contribution in [0.3, 0.4) is 0 Å². The van der Waals surface area contributed by atoms with Gasteiger partial charge in [-0.05, 0) is 77.8 Å². The van der Waals surface area contributed by atoms with E-state index in [-0.39, 0.29) is 0 Å². The van der Waals surface area contributed by atoms with Gasteiger partial charge in [0.1, 0.15) is 0 Å². The van der Waals surface area contributed by atoms with Gasteiger partial charge in [0.25, 0.3) is 0 Å². The Hall–Kier alpha value is -0.160. The summed E-state index contributed by atoms with van der Waals surface area (Å²) in [6.07, 6.45) is 9.19. The van der Waals surface area contributed by atoms with Crippen LogP contribution in [-0.2, 0) is 0 Å². The Bertz CT molecular complexity index is 223. The summed E-state index contributed by atoms with van der Waals surface area (Å²) < 4.78 is 0. The van der Waals surface area contributed by atoms with E-state index in [1.54, 1.807) is 0 Å². The van der Waals surface area contributed by atoms with Crippen molar-refractivity contribution < 1.29 is 0 Å². The number of hydrogen-bond donors (Lipinski definition) is 4. The summed E-state index contributed by atoms with van der Waals surface area (Å²) in [5.74, 6) is 0. The highest BCUT2D eigenvalue weighted by atomic mass is 15.1. The highest BCUT2D eigenvalue weighted by molar-refractivity contribution is 4.96. The molecular formula is C17H38N4. The lowest BCUT2D eigenvalue weighted by Crippen LogP contribution is -2.23. The molecule has 4 N–H and O–H groups in total. The molecule has 0 aromatic rings. The third kappa shape index (κ3) is 11.1. The Morgan fingerprint density at radius 1 is 0.667 bits per heavy atom. The van der Waals surface area contributed by atoms with Gasteiger partial charge in [-0.3, -0.25) is 0 Å². The van der Waals surface area contributed by atoms with Crippen LogP contribution in [0.15, 0.2) is 0 Å². The zero-order valence-corrected chi connectivity index (χ0v) is 14.3. The number of unbranched alkanes of at least 4 members (excludes halogenated alkanes) is 2. The average molecular weight is 299 g/mol. The summed E-state index contributed by atoms with van der Waals surface area (Å²) in [6.45, 7) is 11.3. The van der Waals surface area contributed by atoms with Crippen LogP contribution >= 0.6 is 0 Å². The molecule has 0 amide bonds. The minimum Gasteiger partial charge on any atom is -0.317 e. The second kappa shape index (κ2) is 13.5. The fourth-order valence-electron chi connectivity index (χ4n) is 2.79. The smallest absolute Gasteiger partial charge is 0.0224 e. The fraction of sp³-hybridized carbons (Fsp3) is 1.00. The third-order valence-electron chi connectivity index (χ3n) is 4.28. The van der Waals surface area contributed by atoms with Gasteiger partial charge in [-0.2, -0.15) is 0 Å². The normalized spacial score (nSPS) is 20.9. The van der Waals surface area contributed by atoms with E-state index in [9.17, 15) is 0 Å². The van der Waals surface area contributed by atoms with E-state index in [0.29, 0.717) is 0 Å². The molecule has 0 bridgehead atoms. The Morgan fingerprint density at radius 2 is 1.24 bits per heavy atom. The van der Waals surface area contributed by atoms with E-state index in [4.69, 9.17) is 0 Å². The minimum absolute atomic E-state index is 0.836. The van der Waals surface area contributed by atoms with Crippen molar-refractivity contribution in [3.8, 4) is 0 Å². The van der Waals surface area contributed by atoms with Gasteiger partial charge in [0, 0.05) is 12.1 Å². The second-order valence-electron chi connectivity index (χ2n) is 6.20. The highest BCUT2D eigenvalue weighted by Gasteiger charge is 2.32. The van der Waals surface area contributed by atoms with Crippen LogP contribution in [0.25, 0.3) is 0 Å². The van der Waals surface area contributed by atoms with Crippen molar-refractivity contribution in [3.05, 3.63) is 0 Å². The van der Waals surface area contributed by atoms with Crippen LogP contribution in [0.2, 0.25) is 0 Å². The topological polar surface area (TPSA) is 58.0 Å². The molecule has 1 fully saturated rings. The molecule has 1 heterocycles. The highest BCUT2D eigenvalue weighted by Crippen LogP contribution is 2.19. The first kappa shape index (κ1) is 18.9. The third-order valence-corrected chi connectivity index (χ3v) is 4.28. The van der Waals surface area contributed by atoms with Crippen molar-refractivity contribution in [2.24, 2.45) is 0 Å². The van der Waals surface area contributed by atoms with Gasteiger partial charge in [0.2, 0.25) is 0 Å². The van der Waals surface area contributed by atoms with Crippen LogP contribution in [0.4, 0.5) is 0 Å². The number of rotatable bonds is 16. The minimum atomic E-state index is 0.836. The van der Waals surface area contributed by atoms with E-state index in [1.807, 2.05) is 0 Å². The molecule has 2 unspecified atom stereocenters. The van der Waals surface area contributed by atoms with E-state index >= 15 is 0 Å². The lowest BCUT2D eigenvalue weighted by Gasteiger charge is -2.06. The molecule has 0 saturated carbocycles. The summed E-state index contributed by atoms with van der Waals surface area (Å²) >= 11 is 0. The van der Waals surface area contributed by atoms with Crippen LogP contribution in [0.5, 0.6) is 0 Å². The van der Waals surface area contributed by atoms with E-state index in [2.05, 4.69) is 35.1 Å². The lowest BCUT2D eigenvalue weighted by atomic mass is 10.1. The molecule has 1 aliphatic heterocycles. The lowest BCUT2D eigenvalue weighted by molar-refractivity contribution is 0.548. The Balaban J connectivity index is 1.64. The molecule has 1 rings (SSSR count). The summed E-state index contributed by atoms with van der Waals surface area (Å²) in [6, 6.07) is 1.68. The van der Waals surface area contributed by atoms with Crippen molar-refractivity contribution >= 4 is 0 Å². The van der Waals surface area contributed by atoms with E-state index in [1.165, 1.54) is 64.6 Å². The number of hydrogen-bond acceptors (Lipinski definition) is 4. The molecule has 126 valence electrons. The maximum Gasteiger partial charge on any atom is 0.0224 e. The van der Waals surface area contributed by atoms with Gasteiger partial charge >= 0.3 is 0 Å². The molecule has 0 spiro atoms. The molecule has 0 aliphatic carbocycles. The molecule has 1 aliphatic rings. The molecular weight excluding hydrogens is 260 g/mol. The van der Waals surface area contributed by atoms with Crippen molar-refractivity contribution in [3.63, 3.8) is 0 Å². The summed E-state index contributed by atoms with van der Waals surface area (Å²) in [5.41, 5.74) is 0. The maximum absolute atomic E-state index is 3.57. The Kier molecular flexibility index (Phi) is 12.1. The van der Waals surface area contributed by atoms with Crippen molar-refractivity contribution in [2.75, 3.05) is 39.3 Å². The monoisotopic (exact) mass is 298 g/mol. The molecule has 4 heteroatoms. The first-order valence-electron chi connectivity index (χ1n) is 9.26. The predicted molar refractivity (Wildman–Crippen MR) is 93.0 cm³/mol. The van der Waals surface area contributed by atoms with Crippen LogP contribution in [0.1, 0.15) is 58.8 Å². The zero-order valence-electron chi connectivity index (χ0n) is 14.3. The predicted octanol–water partition coefficient (Wildman–Crippen LogP) is 1.87. The molecule has 4 nitrogen and oxygen atoms in total. The van der Waals surface area contributed by atoms with Gasteiger partial charge in [-0.15, -0.1) is 0 Å². The Morgan fingerprint density at radius 3 is 1.81 bits per heavy atom.